The van der Waals surface area contributed by atoms with Crippen molar-refractivity contribution in [3.63, 3.8) is 0 Å². The number of nitrogens with zero attached hydrogens (tertiary/aromatic N) is 2. The highest BCUT2D eigenvalue weighted by Gasteiger charge is 2.44. The maximum atomic E-state index is 12.4. The molecular formula is C14H21N3O2. The summed E-state index contributed by atoms with van der Waals surface area (Å²) in [6.45, 7) is 5.24. The van der Waals surface area contributed by atoms with Gasteiger partial charge in [-0.25, -0.2) is 0 Å². The zero-order chi connectivity index (χ0) is 13.3. The molecular weight excluding hydrogens is 242 g/mol. The quantitative estimate of drug-likeness (QED) is 0.871. The van der Waals surface area contributed by atoms with Gasteiger partial charge in [-0.05, 0) is 44.7 Å². The van der Waals surface area contributed by atoms with Gasteiger partial charge >= 0.3 is 0 Å². The summed E-state index contributed by atoms with van der Waals surface area (Å²) < 4.78 is 4.79. The lowest BCUT2D eigenvalue weighted by atomic mass is 9.77. The first-order valence-electron chi connectivity index (χ1n) is 7.08. The summed E-state index contributed by atoms with van der Waals surface area (Å²) in [4.78, 5) is 14.4. The van der Waals surface area contributed by atoms with Crippen LogP contribution in [0.5, 0.6) is 0 Å². The van der Waals surface area contributed by atoms with Gasteiger partial charge in [-0.3, -0.25) is 4.79 Å². The van der Waals surface area contributed by atoms with Crippen molar-refractivity contribution < 1.29 is 9.32 Å². The Labute approximate surface area is 113 Å². The van der Waals surface area contributed by atoms with Crippen LogP contribution in [-0.2, 0) is 11.2 Å². The number of piperidine rings is 1. The number of likely N-dealkylation sites (tertiary alicyclic amines) is 1. The van der Waals surface area contributed by atoms with Crippen molar-refractivity contribution in [1.29, 1.82) is 0 Å². The van der Waals surface area contributed by atoms with Crippen LogP contribution in [-0.4, -0.2) is 41.6 Å². The fourth-order valence-corrected chi connectivity index (χ4v) is 3.56. The van der Waals surface area contributed by atoms with E-state index >= 15 is 0 Å². The molecule has 2 fully saturated rings. The minimum atomic E-state index is 0.178. The monoisotopic (exact) mass is 263 g/mol. The largest absolute Gasteiger partial charge is 0.364 e. The first-order valence-corrected chi connectivity index (χ1v) is 7.08. The molecule has 1 N–H and O–H groups in total. The topological polar surface area (TPSA) is 58.4 Å². The molecule has 1 aromatic heterocycles. The summed E-state index contributed by atoms with van der Waals surface area (Å²) >= 11 is 0. The van der Waals surface area contributed by atoms with E-state index in [9.17, 15) is 4.79 Å². The Morgan fingerprint density at radius 1 is 1.58 bits per heavy atom. The van der Waals surface area contributed by atoms with Crippen LogP contribution in [0.4, 0.5) is 0 Å². The second kappa shape index (κ2) is 4.96. The predicted molar refractivity (Wildman–Crippen MR) is 70.5 cm³/mol. The Kier molecular flexibility index (Phi) is 3.31. The minimum Gasteiger partial charge on any atom is -0.364 e. The second-order valence-corrected chi connectivity index (χ2v) is 5.99. The van der Waals surface area contributed by atoms with Crippen molar-refractivity contribution in [3.05, 3.63) is 18.0 Å². The number of rotatable bonds is 2. The molecule has 5 heteroatoms. The Hall–Kier alpha value is -1.36. The van der Waals surface area contributed by atoms with Crippen LogP contribution in [0.15, 0.2) is 16.9 Å². The normalized spacial score (nSPS) is 25.9. The van der Waals surface area contributed by atoms with Gasteiger partial charge in [0.2, 0.25) is 5.91 Å². The van der Waals surface area contributed by atoms with Crippen molar-refractivity contribution in [3.8, 4) is 0 Å². The summed E-state index contributed by atoms with van der Waals surface area (Å²) in [5.74, 6) is 0.178. The number of aromatic nitrogens is 1. The van der Waals surface area contributed by atoms with Crippen LogP contribution in [0.25, 0.3) is 0 Å². The van der Waals surface area contributed by atoms with E-state index in [0.29, 0.717) is 17.9 Å². The smallest absolute Gasteiger partial charge is 0.228 e. The lowest BCUT2D eigenvalue weighted by Crippen LogP contribution is -2.40. The highest BCUT2D eigenvalue weighted by Crippen LogP contribution is 2.41. The molecule has 5 nitrogen and oxygen atoms in total. The standard InChI is InChI=1S/C14H21N3O2/c1-11-9-14(3-5-15-6-4-14)10-17(11)13(18)8-12-2-7-19-16-12/h2,7,11,15H,3-6,8-10H2,1H3. The number of amides is 1. The van der Waals surface area contributed by atoms with Crippen molar-refractivity contribution in [2.45, 2.75) is 38.6 Å². The third kappa shape index (κ3) is 2.52. The van der Waals surface area contributed by atoms with Crippen LogP contribution in [0.2, 0.25) is 0 Å². The van der Waals surface area contributed by atoms with Gasteiger partial charge in [-0.15, -0.1) is 0 Å². The third-order valence-electron chi connectivity index (χ3n) is 4.57. The Morgan fingerprint density at radius 3 is 3.05 bits per heavy atom. The van der Waals surface area contributed by atoms with Gasteiger partial charge in [0, 0.05) is 18.7 Å². The predicted octanol–water partition coefficient (Wildman–Crippen LogP) is 1.21. The molecule has 0 aliphatic carbocycles. The number of carbonyl (C=O) groups is 1. The average molecular weight is 263 g/mol. The van der Waals surface area contributed by atoms with E-state index in [-0.39, 0.29) is 5.91 Å². The molecule has 0 radical (unpaired) electrons. The average Bonchev–Trinajstić information content (AvgIpc) is 2.99. The molecule has 0 saturated carbocycles. The van der Waals surface area contributed by atoms with Crippen LogP contribution in [0.1, 0.15) is 31.9 Å². The van der Waals surface area contributed by atoms with E-state index in [0.717, 1.165) is 31.7 Å². The highest BCUT2D eigenvalue weighted by atomic mass is 16.5. The van der Waals surface area contributed by atoms with Gasteiger partial charge in [0.25, 0.3) is 0 Å². The Bertz CT molecular complexity index is 438. The first kappa shape index (κ1) is 12.7. The molecule has 3 rings (SSSR count). The lowest BCUT2D eigenvalue weighted by molar-refractivity contribution is -0.131. The number of hydrogen-bond donors (Lipinski definition) is 1. The second-order valence-electron chi connectivity index (χ2n) is 5.99. The van der Waals surface area contributed by atoms with Crippen LogP contribution in [0.3, 0.4) is 0 Å². The van der Waals surface area contributed by atoms with Crippen molar-refractivity contribution >= 4 is 5.91 Å². The summed E-state index contributed by atoms with van der Waals surface area (Å²) in [5, 5.41) is 7.23. The first-order chi connectivity index (χ1) is 9.19. The molecule has 1 atom stereocenters. The van der Waals surface area contributed by atoms with E-state index in [4.69, 9.17) is 4.52 Å². The minimum absolute atomic E-state index is 0.178. The Balaban J connectivity index is 1.66. The van der Waals surface area contributed by atoms with Gasteiger partial charge in [0.15, 0.2) is 0 Å². The summed E-state index contributed by atoms with van der Waals surface area (Å²) in [5.41, 5.74) is 1.08. The Morgan fingerprint density at radius 2 is 2.37 bits per heavy atom. The number of nitrogens with one attached hydrogen (secondary N) is 1. The van der Waals surface area contributed by atoms with Crippen molar-refractivity contribution in [2.24, 2.45) is 5.41 Å². The molecule has 2 aliphatic heterocycles. The molecule has 0 aromatic carbocycles. The van der Waals surface area contributed by atoms with Crippen molar-refractivity contribution in [2.75, 3.05) is 19.6 Å². The van der Waals surface area contributed by atoms with Gasteiger partial charge in [0.05, 0.1) is 12.1 Å². The highest BCUT2D eigenvalue weighted by molar-refractivity contribution is 5.79. The molecule has 2 saturated heterocycles. The fraction of sp³-hybridized carbons (Fsp3) is 0.714. The van der Waals surface area contributed by atoms with Crippen molar-refractivity contribution in [1.82, 2.24) is 15.4 Å². The molecule has 0 bridgehead atoms. The maximum absolute atomic E-state index is 12.4. The molecule has 2 aliphatic rings. The maximum Gasteiger partial charge on any atom is 0.228 e. The molecule has 19 heavy (non-hydrogen) atoms. The summed E-state index contributed by atoms with van der Waals surface area (Å²) in [6.07, 6.45) is 5.38. The summed E-state index contributed by atoms with van der Waals surface area (Å²) in [6, 6.07) is 2.11. The summed E-state index contributed by atoms with van der Waals surface area (Å²) in [7, 11) is 0. The molecule has 104 valence electrons. The lowest BCUT2D eigenvalue weighted by Gasteiger charge is -2.33. The van der Waals surface area contributed by atoms with Gasteiger partial charge < -0.3 is 14.7 Å². The van der Waals surface area contributed by atoms with E-state index < -0.39 is 0 Å². The SMILES string of the molecule is CC1CC2(CCNCC2)CN1C(=O)Cc1ccon1. The fourth-order valence-electron chi connectivity index (χ4n) is 3.56. The van der Waals surface area contributed by atoms with Gasteiger partial charge in [-0.2, -0.15) is 0 Å². The van der Waals surface area contributed by atoms with E-state index in [1.807, 2.05) is 4.90 Å². The molecule has 1 amide bonds. The zero-order valence-corrected chi connectivity index (χ0v) is 11.4. The number of carbonyl (C=O) groups excluding carboxylic acids is 1. The van der Waals surface area contributed by atoms with Gasteiger partial charge in [-0.1, -0.05) is 5.16 Å². The number of hydrogen-bond acceptors (Lipinski definition) is 4. The van der Waals surface area contributed by atoms with Gasteiger partial charge in [0.1, 0.15) is 6.26 Å². The molecule has 1 aromatic rings. The molecule has 1 unspecified atom stereocenters. The third-order valence-corrected chi connectivity index (χ3v) is 4.57. The van der Waals surface area contributed by atoms with E-state index in [1.54, 1.807) is 6.07 Å². The van der Waals surface area contributed by atoms with Crippen LogP contribution >= 0.6 is 0 Å². The van der Waals surface area contributed by atoms with E-state index in [1.165, 1.54) is 19.1 Å². The van der Waals surface area contributed by atoms with Crippen LogP contribution in [0, 0.1) is 5.41 Å². The van der Waals surface area contributed by atoms with Crippen LogP contribution < -0.4 is 5.32 Å². The van der Waals surface area contributed by atoms with E-state index in [2.05, 4.69) is 17.4 Å². The molecule has 3 heterocycles. The molecule has 1 spiro atoms. The zero-order valence-electron chi connectivity index (χ0n) is 11.4.